The number of ether oxygens (including phenoxy) is 2. The van der Waals surface area contributed by atoms with Crippen LogP contribution in [0.15, 0.2) is 57.7 Å². The van der Waals surface area contributed by atoms with Crippen LogP contribution in [0.5, 0.6) is 11.5 Å². The highest BCUT2D eigenvalue weighted by Gasteiger charge is 2.09. The van der Waals surface area contributed by atoms with Crippen LogP contribution in [0, 0.1) is 12.7 Å². The molecule has 0 bridgehead atoms. The van der Waals surface area contributed by atoms with E-state index in [4.69, 9.17) is 13.9 Å². The Morgan fingerprint density at radius 2 is 1.96 bits per heavy atom. The van der Waals surface area contributed by atoms with E-state index in [0.717, 1.165) is 17.0 Å². The molecule has 5 nitrogen and oxygen atoms in total. The number of hydrogen-bond donors (Lipinski definition) is 0. The molecule has 0 aliphatic heterocycles. The van der Waals surface area contributed by atoms with Crippen molar-refractivity contribution in [3.63, 3.8) is 0 Å². The van der Waals surface area contributed by atoms with Crippen molar-refractivity contribution in [3.05, 3.63) is 70.3 Å². The van der Waals surface area contributed by atoms with Crippen LogP contribution in [0.3, 0.4) is 0 Å². The van der Waals surface area contributed by atoms with E-state index in [1.54, 1.807) is 19.1 Å². The van der Waals surface area contributed by atoms with E-state index >= 15 is 0 Å². The van der Waals surface area contributed by atoms with Gasteiger partial charge >= 0.3 is 11.6 Å². The van der Waals surface area contributed by atoms with Crippen molar-refractivity contribution in [1.29, 1.82) is 0 Å². The van der Waals surface area contributed by atoms with Gasteiger partial charge in [-0.15, -0.1) is 0 Å². The van der Waals surface area contributed by atoms with Crippen LogP contribution >= 0.6 is 0 Å². The van der Waals surface area contributed by atoms with Gasteiger partial charge in [0.2, 0.25) is 0 Å². The smallest absolute Gasteiger partial charge is 0.349 e. The van der Waals surface area contributed by atoms with Crippen LogP contribution in [0.4, 0.5) is 4.39 Å². The summed E-state index contributed by atoms with van der Waals surface area (Å²) in [6.45, 7) is 1.44. The first kappa shape index (κ1) is 15.7. The molecule has 0 radical (unpaired) electrons. The Hall–Kier alpha value is -3.15. The first-order valence-electron chi connectivity index (χ1n) is 7.15. The lowest BCUT2D eigenvalue weighted by Gasteiger charge is -2.08. The first-order chi connectivity index (χ1) is 11.5. The van der Waals surface area contributed by atoms with Gasteiger partial charge in [-0.1, -0.05) is 6.07 Å². The molecule has 0 saturated carbocycles. The normalized spacial score (nSPS) is 10.6. The molecule has 3 aromatic rings. The van der Waals surface area contributed by atoms with Crippen LogP contribution in [-0.2, 0) is 4.79 Å². The summed E-state index contributed by atoms with van der Waals surface area (Å²) < 4.78 is 28.4. The standard InChI is InChI=1S/C18H13FO5/c1-11-7-17(20)24-16-9-13(5-6-15(11)16)22-10-18(21)23-14-4-2-3-12(19)8-14/h2-9H,10H2,1H3. The van der Waals surface area contributed by atoms with Gasteiger partial charge in [0.05, 0.1) is 0 Å². The zero-order valence-electron chi connectivity index (χ0n) is 12.7. The van der Waals surface area contributed by atoms with Crippen molar-refractivity contribution in [2.75, 3.05) is 6.61 Å². The van der Waals surface area contributed by atoms with Crippen molar-refractivity contribution < 1.29 is 23.1 Å². The van der Waals surface area contributed by atoms with Crippen molar-refractivity contribution in [3.8, 4) is 11.5 Å². The van der Waals surface area contributed by atoms with E-state index in [1.165, 1.54) is 30.3 Å². The van der Waals surface area contributed by atoms with E-state index in [-0.39, 0.29) is 12.4 Å². The Labute approximate surface area is 136 Å². The summed E-state index contributed by atoms with van der Waals surface area (Å²) in [7, 11) is 0. The van der Waals surface area contributed by atoms with Crippen molar-refractivity contribution in [1.82, 2.24) is 0 Å². The molecule has 6 heteroatoms. The number of rotatable bonds is 4. The van der Waals surface area contributed by atoms with Gasteiger partial charge < -0.3 is 13.9 Å². The second kappa shape index (κ2) is 6.54. The highest BCUT2D eigenvalue weighted by molar-refractivity contribution is 5.81. The summed E-state index contributed by atoms with van der Waals surface area (Å²) >= 11 is 0. The summed E-state index contributed by atoms with van der Waals surface area (Å²) in [5.74, 6) is -0.719. The average Bonchev–Trinajstić information content (AvgIpc) is 2.52. The SMILES string of the molecule is Cc1cc(=O)oc2cc(OCC(=O)Oc3cccc(F)c3)ccc12. The number of aryl methyl sites for hydroxylation is 1. The minimum atomic E-state index is -0.675. The van der Waals surface area contributed by atoms with Crippen LogP contribution in [0.25, 0.3) is 11.0 Å². The second-order valence-corrected chi connectivity index (χ2v) is 5.13. The zero-order chi connectivity index (χ0) is 17.1. The molecule has 2 aromatic carbocycles. The number of hydrogen-bond acceptors (Lipinski definition) is 5. The van der Waals surface area contributed by atoms with Crippen LogP contribution in [0.1, 0.15) is 5.56 Å². The molecule has 24 heavy (non-hydrogen) atoms. The molecule has 0 amide bonds. The van der Waals surface area contributed by atoms with E-state index in [9.17, 15) is 14.0 Å². The molecule has 1 aromatic heterocycles. The summed E-state index contributed by atoms with van der Waals surface area (Å²) in [4.78, 5) is 23.1. The Kier molecular flexibility index (Phi) is 4.29. The quantitative estimate of drug-likeness (QED) is 0.418. The molecule has 1 heterocycles. The summed E-state index contributed by atoms with van der Waals surface area (Å²) in [5, 5.41) is 0.782. The zero-order valence-corrected chi connectivity index (χ0v) is 12.7. The van der Waals surface area contributed by atoms with E-state index < -0.39 is 17.4 Å². The van der Waals surface area contributed by atoms with Crippen molar-refractivity contribution in [2.45, 2.75) is 6.92 Å². The van der Waals surface area contributed by atoms with Crippen LogP contribution in [0.2, 0.25) is 0 Å². The van der Waals surface area contributed by atoms with Gasteiger partial charge in [0.1, 0.15) is 22.9 Å². The number of benzene rings is 2. The fourth-order valence-electron chi connectivity index (χ4n) is 2.23. The largest absolute Gasteiger partial charge is 0.482 e. The molecule has 3 rings (SSSR count). The fourth-order valence-corrected chi connectivity index (χ4v) is 2.23. The highest BCUT2D eigenvalue weighted by Crippen LogP contribution is 2.22. The predicted octanol–water partition coefficient (Wildman–Crippen LogP) is 3.22. The molecule has 0 saturated heterocycles. The van der Waals surface area contributed by atoms with E-state index in [0.29, 0.717) is 11.3 Å². The number of carbonyl (C=O) groups excluding carboxylic acids is 1. The number of carbonyl (C=O) groups is 1. The summed E-state index contributed by atoms with van der Waals surface area (Å²) in [5.41, 5.74) is 0.706. The van der Waals surface area contributed by atoms with Crippen LogP contribution in [-0.4, -0.2) is 12.6 Å². The molecular weight excluding hydrogens is 315 g/mol. The maximum atomic E-state index is 13.0. The third-order valence-electron chi connectivity index (χ3n) is 3.31. The topological polar surface area (TPSA) is 65.7 Å². The molecule has 0 atom stereocenters. The minimum Gasteiger partial charge on any atom is -0.482 e. The second-order valence-electron chi connectivity index (χ2n) is 5.13. The molecule has 0 fully saturated rings. The molecule has 0 N–H and O–H groups in total. The lowest BCUT2D eigenvalue weighted by Crippen LogP contribution is -2.17. The van der Waals surface area contributed by atoms with Crippen LogP contribution < -0.4 is 15.1 Å². The number of fused-ring (bicyclic) bond motifs is 1. The van der Waals surface area contributed by atoms with E-state index in [2.05, 4.69) is 0 Å². The fraction of sp³-hybridized carbons (Fsp3) is 0.111. The molecular formula is C18H13FO5. The van der Waals surface area contributed by atoms with Gasteiger partial charge in [-0.2, -0.15) is 0 Å². The number of halogens is 1. The molecule has 0 aliphatic rings. The van der Waals surface area contributed by atoms with Gasteiger partial charge in [0.25, 0.3) is 0 Å². The lowest BCUT2D eigenvalue weighted by atomic mass is 10.1. The average molecular weight is 328 g/mol. The molecule has 0 spiro atoms. The van der Waals surface area contributed by atoms with Gasteiger partial charge in [-0.3, -0.25) is 0 Å². The Balaban J connectivity index is 1.69. The van der Waals surface area contributed by atoms with Gasteiger partial charge in [-0.25, -0.2) is 14.0 Å². The lowest BCUT2D eigenvalue weighted by molar-refractivity contribution is -0.136. The molecule has 0 aliphatic carbocycles. The van der Waals surface area contributed by atoms with Crippen molar-refractivity contribution in [2.24, 2.45) is 0 Å². The first-order valence-corrected chi connectivity index (χ1v) is 7.15. The third kappa shape index (κ3) is 3.60. The van der Waals surface area contributed by atoms with Crippen molar-refractivity contribution >= 4 is 16.9 Å². The summed E-state index contributed by atoms with van der Waals surface area (Å²) in [6, 6.07) is 11.6. The third-order valence-corrected chi connectivity index (χ3v) is 3.31. The van der Waals surface area contributed by atoms with Gasteiger partial charge in [0, 0.05) is 23.6 Å². The Morgan fingerprint density at radius 3 is 2.75 bits per heavy atom. The van der Waals surface area contributed by atoms with Gasteiger partial charge in [0.15, 0.2) is 6.61 Å². The van der Waals surface area contributed by atoms with Gasteiger partial charge in [-0.05, 0) is 36.8 Å². The Morgan fingerprint density at radius 1 is 1.12 bits per heavy atom. The molecule has 122 valence electrons. The maximum absolute atomic E-state index is 13.0. The predicted molar refractivity (Wildman–Crippen MR) is 84.8 cm³/mol. The number of esters is 1. The highest BCUT2D eigenvalue weighted by atomic mass is 19.1. The monoisotopic (exact) mass is 328 g/mol. The molecule has 0 unspecified atom stereocenters. The maximum Gasteiger partial charge on any atom is 0.349 e. The van der Waals surface area contributed by atoms with E-state index in [1.807, 2.05) is 0 Å². The minimum absolute atomic E-state index is 0.101. The Bertz CT molecular complexity index is 961. The summed E-state index contributed by atoms with van der Waals surface area (Å²) in [6.07, 6.45) is 0.